The Bertz CT molecular complexity index is 957. The zero-order valence-corrected chi connectivity index (χ0v) is 17.0. The van der Waals surface area contributed by atoms with Gasteiger partial charge in [0, 0.05) is 36.7 Å². The highest BCUT2D eigenvalue weighted by atomic mass is 16.1. The van der Waals surface area contributed by atoms with E-state index in [-0.39, 0.29) is 5.91 Å². The average Bonchev–Trinajstić information content (AvgIpc) is 2.76. The van der Waals surface area contributed by atoms with Gasteiger partial charge in [0.25, 0.3) is 5.91 Å². The normalized spacial score (nSPS) is 10.4. The van der Waals surface area contributed by atoms with Gasteiger partial charge in [-0.1, -0.05) is 6.07 Å². The Labute approximate surface area is 171 Å². The monoisotopic (exact) mass is 390 g/mol. The number of nitrogens with one attached hydrogen (secondary N) is 2. The second-order valence-electron chi connectivity index (χ2n) is 6.59. The molecular formula is C22H26N6O. The molecule has 3 aromatic rings. The van der Waals surface area contributed by atoms with Crippen LogP contribution in [0, 0.1) is 6.92 Å². The highest BCUT2D eigenvalue weighted by Crippen LogP contribution is 2.23. The lowest BCUT2D eigenvalue weighted by atomic mass is 10.1. The van der Waals surface area contributed by atoms with E-state index in [2.05, 4.69) is 50.4 Å². The van der Waals surface area contributed by atoms with Crippen molar-refractivity contribution in [2.45, 2.75) is 27.3 Å². The molecule has 1 amide bonds. The Morgan fingerprint density at radius 3 is 2.55 bits per heavy atom. The summed E-state index contributed by atoms with van der Waals surface area (Å²) in [5.74, 6) is 0.302. The number of nitrogens with zero attached hydrogens (tertiary/aromatic N) is 4. The molecule has 2 heterocycles. The molecular weight excluding hydrogens is 364 g/mol. The summed E-state index contributed by atoms with van der Waals surface area (Å²) in [4.78, 5) is 27.5. The van der Waals surface area contributed by atoms with Crippen molar-refractivity contribution < 1.29 is 4.79 Å². The van der Waals surface area contributed by atoms with Gasteiger partial charge in [-0.05, 0) is 56.7 Å². The predicted octanol–water partition coefficient (Wildman–Crippen LogP) is 3.89. The molecule has 3 rings (SSSR count). The van der Waals surface area contributed by atoms with Crippen LogP contribution < -0.4 is 15.5 Å². The number of anilines is 3. The van der Waals surface area contributed by atoms with Gasteiger partial charge in [-0.3, -0.25) is 9.78 Å². The topological polar surface area (TPSA) is 83.0 Å². The molecule has 29 heavy (non-hydrogen) atoms. The van der Waals surface area contributed by atoms with Gasteiger partial charge in [0.05, 0.1) is 12.2 Å². The van der Waals surface area contributed by atoms with Gasteiger partial charge in [0.1, 0.15) is 17.8 Å². The molecule has 7 nitrogen and oxygen atoms in total. The maximum absolute atomic E-state index is 12.7. The van der Waals surface area contributed by atoms with Crippen molar-refractivity contribution in [1.82, 2.24) is 15.0 Å². The number of amides is 1. The molecule has 0 atom stereocenters. The van der Waals surface area contributed by atoms with E-state index in [1.807, 2.05) is 37.3 Å². The molecule has 0 fully saturated rings. The van der Waals surface area contributed by atoms with Crippen molar-refractivity contribution in [1.29, 1.82) is 0 Å². The van der Waals surface area contributed by atoms with E-state index in [9.17, 15) is 4.79 Å². The lowest BCUT2D eigenvalue weighted by molar-refractivity contribution is 0.102. The molecule has 0 saturated carbocycles. The largest absolute Gasteiger partial charge is 0.372 e. The first-order valence-electron chi connectivity index (χ1n) is 9.73. The fraction of sp³-hybridized carbons (Fsp3) is 0.273. The molecule has 0 radical (unpaired) electrons. The Balaban J connectivity index is 1.68. The number of carbonyl (C=O) groups is 1. The third kappa shape index (κ3) is 5.28. The third-order valence-corrected chi connectivity index (χ3v) is 4.66. The molecule has 150 valence electrons. The molecule has 2 aromatic heterocycles. The lowest BCUT2D eigenvalue weighted by Gasteiger charge is -2.22. The first-order valence-corrected chi connectivity index (χ1v) is 9.73. The lowest BCUT2D eigenvalue weighted by Crippen LogP contribution is -2.22. The van der Waals surface area contributed by atoms with Crippen LogP contribution in [0.2, 0.25) is 0 Å². The smallest absolute Gasteiger partial charge is 0.274 e. The number of pyridine rings is 1. The van der Waals surface area contributed by atoms with Gasteiger partial charge in [-0.15, -0.1) is 0 Å². The van der Waals surface area contributed by atoms with E-state index in [1.165, 1.54) is 6.33 Å². The van der Waals surface area contributed by atoms with Gasteiger partial charge >= 0.3 is 0 Å². The molecule has 0 aliphatic rings. The van der Waals surface area contributed by atoms with E-state index < -0.39 is 0 Å². The summed E-state index contributed by atoms with van der Waals surface area (Å²) < 4.78 is 0. The van der Waals surface area contributed by atoms with Crippen LogP contribution in [-0.2, 0) is 6.54 Å². The summed E-state index contributed by atoms with van der Waals surface area (Å²) in [7, 11) is 0. The van der Waals surface area contributed by atoms with Crippen molar-refractivity contribution >= 4 is 23.1 Å². The Morgan fingerprint density at radius 2 is 1.86 bits per heavy atom. The zero-order chi connectivity index (χ0) is 20.6. The summed E-state index contributed by atoms with van der Waals surface area (Å²) in [5, 5.41) is 6.11. The van der Waals surface area contributed by atoms with Crippen LogP contribution >= 0.6 is 0 Å². The molecule has 0 aliphatic carbocycles. The SMILES string of the molecule is CCN(CC)c1ccc(NC(=O)c2cc(NCc3ccccn3)ncn2)c(C)c1. The minimum Gasteiger partial charge on any atom is -0.372 e. The van der Waals surface area contributed by atoms with Crippen molar-refractivity contribution in [3.8, 4) is 0 Å². The highest BCUT2D eigenvalue weighted by molar-refractivity contribution is 6.03. The zero-order valence-electron chi connectivity index (χ0n) is 17.0. The fourth-order valence-electron chi connectivity index (χ4n) is 3.02. The van der Waals surface area contributed by atoms with E-state index in [1.54, 1.807) is 12.3 Å². The predicted molar refractivity (Wildman–Crippen MR) is 116 cm³/mol. The number of benzene rings is 1. The van der Waals surface area contributed by atoms with Gasteiger partial charge in [-0.2, -0.15) is 0 Å². The summed E-state index contributed by atoms with van der Waals surface area (Å²) in [6, 6.07) is 13.4. The highest BCUT2D eigenvalue weighted by Gasteiger charge is 2.12. The first kappa shape index (κ1) is 20.3. The maximum atomic E-state index is 12.7. The van der Waals surface area contributed by atoms with E-state index in [0.717, 1.165) is 35.7 Å². The van der Waals surface area contributed by atoms with Gasteiger partial charge < -0.3 is 15.5 Å². The van der Waals surface area contributed by atoms with Gasteiger partial charge in [-0.25, -0.2) is 9.97 Å². The third-order valence-electron chi connectivity index (χ3n) is 4.66. The van der Waals surface area contributed by atoms with Crippen molar-refractivity contribution in [2.75, 3.05) is 28.6 Å². The van der Waals surface area contributed by atoms with Crippen molar-refractivity contribution in [3.63, 3.8) is 0 Å². The summed E-state index contributed by atoms with van der Waals surface area (Å²) in [6.45, 7) is 8.65. The summed E-state index contributed by atoms with van der Waals surface area (Å²) in [6.07, 6.45) is 3.12. The average molecular weight is 390 g/mol. The number of hydrogen-bond donors (Lipinski definition) is 2. The molecule has 2 N–H and O–H groups in total. The van der Waals surface area contributed by atoms with Crippen LogP contribution in [0.1, 0.15) is 35.6 Å². The minimum absolute atomic E-state index is 0.271. The van der Waals surface area contributed by atoms with E-state index in [0.29, 0.717) is 18.1 Å². The molecule has 0 spiro atoms. The number of aromatic nitrogens is 3. The van der Waals surface area contributed by atoms with Crippen LogP contribution in [-0.4, -0.2) is 33.9 Å². The molecule has 7 heteroatoms. The second-order valence-corrected chi connectivity index (χ2v) is 6.59. The fourth-order valence-corrected chi connectivity index (χ4v) is 3.02. The first-order chi connectivity index (χ1) is 14.1. The van der Waals surface area contributed by atoms with Crippen LogP contribution in [0.3, 0.4) is 0 Å². The standard InChI is InChI=1S/C22H26N6O/c1-4-28(5-2)18-9-10-19(16(3)12-18)27-22(29)20-13-21(26-15-25-20)24-14-17-8-6-7-11-23-17/h6-13,15H,4-5,14H2,1-3H3,(H,27,29)(H,24,25,26). The summed E-state index contributed by atoms with van der Waals surface area (Å²) >= 11 is 0. The Hall–Kier alpha value is -3.48. The molecule has 1 aromatic carbocycles. The number of hydrogen-bond acceptors (Lipinski definition) is 6. The molecule has 0 bridgehead atoms. The van der Waals surface area contributed by atoms with Crippen molar-refractivity contribution in [3.05, 3.63) is 71.9 Å². The molecule has 0 aliphatic heterocycles. The van der Waals surface area contributed by atoms with Crippen LogP contribution in [0.15, 0.2) is 55.0 Å². The quantitative estimate of drug-likeness (QED) is 0.607. The van der Waals surface area contributed by atoms with Crippen LogP contribution in [0.4, 0.5) is 17.2 Å². The minimum atomic E-state index is -0.271. The summed E-state index contributed by atoms with van der Waals surface area (Å²) in [5.41, 5.74) is 4.11. The van der Waals surface area contributed by atoms with Gasteiger partial charge in [0.2, 0.25) is 0 Å². The molecule has 0 saturated heterocycles. The van der Waals surface area contributed by atoms with E-state index >= 15 is 0 Å². The van der Waals surface area contributed by atoms with Crippen LogP contribution in [0.5, 0.6) is 0 Å². The Morgan fingerprint density at radius 1 is 1.03 bits per heavy atom. The van der Waals surface area contributed by atoms with Crippen molar-refractivity contribution in [2.24, 2.45) is 0 Å². The maximum Gasteiger partial charge on any atom is 0.274 e. The Kier molecular flexibility index (Phi) is 6.73. The van der Waals surface area contributed by atoms with Gasteiger partial charge in [0.15, 0.2) is 0 Å². The van der Waals surface area contributed by atoms with E-state index in [4.69, 9.17) is 0 Å². The number of aryl methyl sites for hydroxylation is 1. The second kappa shape index (κ2) is 9.64. The number of carbonyl (C=O) groups excluding carboxylic acids is 1. The molecule has 0 unspecified atom stereocenters. The number of rotatable bonds is 8. The van der Waals surface area contributed by atoms with Crippen LogP contribution in [0.25, 0.3) is 0 Å².